The van der Waals surface area contributed by atoms with Crippen LogP contribution in [0.4, 0.5) is 17.1 Å². The third-order valence-electron chi connectivity index (χ3n) is 12.1. The van der Waals surface area contributed by atoms with Crippen LogP contribution in [0, 0.1) is 0 Å². The maximum absolute atomic E-state index is 2.45. The number of rotatable bonds is 9. The predicted octanol–water partition coefficient (Wildman–Crippen LogP) is 17.1. The van der Waals surface area contributed by atoms with Gasteiger partial charge in [-0.05, 0) is 141 Å². The summed E-state index contributed by atoms with van der Waals surface area (Å²) in [5, 5.41) is 0. The Hall–Kier alpha value is -7.65. The van der Waals surface area contributed by atoms with Crippen LogP contribution in [0.3, 0.4) is 0 Å². The van der Waals surface area contributed by atoms with Crippen molar-refractivity contribution in [1.29, 1.82) is 0 Å². The fourth-order valence-corrected chi connectivity index (χ4v) is 13.3. The molecule has 0 spiro atoms. The van der Waals surface area contributed by atoms with Gasteiger partial charge in [0.1, 0.15) is 0 Å². The van der Waals surface area contributed by atoms with Gasteiger partial charge in [0.25, 0.3) is 0 Å². The molecule has 0 amide bonds. The highest BCUT2D eigenvalue weighted by atomic mass is 32.3. The first-order chi connectivity index (χ1) is 30.7. The molecule has 0 saturated carbocycles. The molecular weight excluding hydrogens is 767 g/mol. The van der Waals surface area contributed by atoms with Gasteiger partial charge in [0.15, 0.2) is 0 Å². The van der Waals surface area contributed by atoms with Crippen LogP contribution in [0.15, 0.2) is 280 Å². The van der Waals surface area contributed by atoms with Crippen molar-refractivity contribution in [3.05, 3.63) is 261 Å². The second-order valence-electron chi connectivity index (χ2n) is 15.7. The first kappa shape index (κ1) is 37.4. The van der Waals surface area contributed by atoms with Crippen LogP contribution in [0.1, 0.15) is 0 Å². The summed E-state index contributed by atoms with van der Waals surface area (Å²) in [5.74, 6) is 0. The van der Waals surface area contributed by atoms with Crippen molar-refractivity contribution in [2.24, 2.45) is 0 Å². The van der Waals surface area contributed by atoms with E-state index in [1.54, 1.807) is 0 Å². The van der Waals surface area contributed by atoms with Gasteiger partial charge >= 0.3 is 0 Å². The highest BCUT2D eigenvalue weighted by Gasteiger charge is 2.42. The van der Waals surface area contributed by atoms with Gasteiger partial charge in [0, 0.05) is 36.6 Å². The van der Waals surface area contributed by atoms with E-state index in [2.05, 4.69) is 266 Å². The summed E-state index contributed by atoms with van der Waals surface area (Å²) in [6.45, 7) is 0. The van der Waals surface area contributed by atoms with Gasteiger partial charge in [-0.15, -0.1) is 10.0 Å². The lowest BCUT2D eigenvalue weighted by Crippen LogP contribution is -2.09. The molecule has 294 valence electrons. The van der Waals surface area contributed by atoms with E-state index in [0.29, 0.717) is 0 Å². The molecule has 10 aromatic rings. The minimum atomic E-state index is -1.76. The van der Waals surface area contributed by atoms with Gasteiger partial charge < -0.3 is 4.90 Å². The number of hydrogen-bond acceptors (Lipinski definition) is 1. The third kappa shape index (κ3) is 6.62. The van der Waals surface area contributed by atoms with Crippen molar-refractivity contribution in [2.75, 3.05) is 4.90 Å². The number of fused-ring (bicyclic) bond motifs is 3. The molecule has 10 aromatic carbocycles. The summed E-state index contributed by atoms with van der Waals surface area (Å²) in [6.07, 6.45) is 0. The molecule has 1 heterocycles. The first-order valence-electron chi connectivity index (χ1n) is 21.2. The zero-order chi connectivity index (χ0) is 41.3. The molecule has 0 fully saturated rings. The number of anilines is 3. The van der Waals surface area contributed by atoms with Crippen LogP contribution in [-0.2, 0) is 0 Å². The van der Waals surface area contributed by atoms with E-state index in [1.165, 1.54) is 75.2 Å². The van der Waals surface area contributed by atoms with Gasteiger partial charge in [-0.2, -0.15) is 0 Å². The van der Waals surface area contributed by atoms with Crippen LogP contribution in [0.2, 0.25) is 0 Å². The Bertz CT molecular complexity index is 2990. The van der Waals surface area contributed by atoms with E-state index < -0.39 is 10.0 Å². The molecular formula is C60H43NS. The van der Waals surface area contributed by atoms with Gasteiger partial charge in [0.05, 0.1) is 0 Å². The van der Waals surface area contributed by atoms with Gasteiger partial charge in [-0.3, -0.25) is 0 Å². The fourth-order valence-electron chi connectivity index (χ4n) is 9.13. The zero-order valence-corrected chi connectivity index (χ0v) is 35.0. The molecule has 1 aliphatic rings. The smallest absolute Gasteiger partial charge is 0.0462 e. The molecule has 0 saturated heterocycles. The third-order valence-corrected chi connectivity index (χ3v) is 16.1. The average molecular weight is 810 g/mol. The highest BCUT2D eigenvalue weighted by molar-refractivity contribution is 8.34. The van der Waals surface area contributed by atoms with Crippen molar-refractivity contribution in [1.82, 2.24) is 0 Å². The van der Waals surface area contributed by atoms with E-state index in [4.69, 9.17) is 0 Å². The normalized spacial score (nSPS) is 12.8. The van der Waals surface area contributed by atoms with Crippen molar-refractivity contribution in [2.45, 2.75) is 19.6 Å². The average Bonchev–Trinajstić information content (AvgIpc) is 3.66. The molecule has 0 atom stereocenters. The molecule has 0 N–H and O–H groups in total. The largest absolute Gasteiger partial charge is 0.311 e. The molecule has 2 heteroatoms. The maximum Gasteiger partial charge on any atom is 0.0462 e. The van der Waals surface area contributed by atoms with E-state index in [1.807, 2.05) is 0 Å². The Kier molecular flexibility index (Phi) is 9.69. The highest BCUT2D eigenvalue weighted by Crippen LogP contribution is 2.80. The minimum absolute atomic E-state index is 1.10. The van der Waals surface area contributed by atoms with Crippen LogP contribution < -0.4 is 4.90 Å². The van der Waals surface area contributed by atoms with E-state index >= 15 is 0 Å². The lowest BCUT2D eigenvalue weighted by Gasteiger charge is -2.39. The molecule has 0 unspecified atom stereocenters. The first-order valence-corrected chi connectivity index (χ1v) is 22.9. The van der Waals surface area contributed by atoms with Crippen molar-refractivity contribution in [3.8, 4) is 55.6 Å². The summed E-state index contributed by atoms with van der Waals surface area (Å²) in [6, 6.07) is 95.6. The molecule has 62 heavy (non-hydrogen) atoms. The minimum Gasteiger partial charge on any atom is -0.311 e. The van der Waals surface area contributed by atoms with Gasteiger partial charge in [-0.25, -0.2) is 0 Å². The standard InChI is InChI=1S/C60H43NS/c1-6-16-44(17-7-1)47-26-34-52(35-27-47)61(53-36-28-48(29-37-53)45-18-8-2-9-19-45)54-38-30-49(31-39-54)51-33-41-60-58(43-51)57-42-50(46-20-10-3-11-21-46)32-40-59(57)62(60,55-22-12-4-13-23-55)56-24-14-5-15-25-56/h1-43H. The number of nitrogens with zero attached hydrogens (tertiary/aromatic N) is 1. The van der Waals surface area contributed by atoms with Crippen LogP contribution in [0.5, 0.6) is 0 Å². The summed E-state index contributed by atoms with van der Waals surface area (Å²) in [4.78, 5) is 7.84. The molecule has 0 aliphatic carbocycles. The van der Waals surface area contributed by atoms with E-state index in [0.717, 1.165) is 17.1 Å². The topological polar surface area (TPSA) is 3.24 Å². The Morgan fingerprint density at radius 3 is 0.823 bits per heavy atom. The quantitative estimate of drug-likeness (QED) is 0.140. The van der Waals surface area contributed by atoms with E-state index in [9.17, 15) is 0 Å². The van der Waals surface area contributed by atoms with Gasteiger partial charge in [-0.1, -0.05) is 176 Å². The Labute approximate surface area is 366 Å². The van der Waals surface area contributed by atoms with Crippen molar-refractivity contribution < 1.29 is 0 Å². The van der Waals surface area contributed by atoms with Crippen molar-refractivity contribution >= 4 is 27.1 Å². The van der Waals surface area contributed by atoms with Crippen LogP contribution in [-0.4, -0.2) is 0 Å². The lowest BCUT2D eigenvalue weighted by atomic mass is 9.96. The molecule has 0 radical (unpaired) electrons. The van der Waals surface area contributed by atoms with Crippen LogP contribution in [0.25, 0.3) is 55.6 Å². The Morgan fingerprint density at radius 2 is 0.484 bits per heavy atom. The molecule has 1 nitrogen and oxygen atoms in total. The number of hydrogen-bond donors (Lipinski definition) is 0. The predicted molar refractivity (Wildman–Crippen MR) is 262 cm³/mol. The Morgan fingerprint density at radius 1 is 0.226 bits per heavy atom. The fraction of sp³-hybridized carbons (Fsp3) is 0. The van der Waals surface area contributed by atoms with Crippen LogP contribution >= 0.6 is 10.0 Å². The molecule has 1 aliphatic heterocycles. The Balaban J connectivity index is 1.02. The number of benzene rings is 10. The van der Waals surface area contributed by atoms with E-state index in [-0.39, 0.29) is 0 Å². The second-order valence-corrected chi connectivity index (χ2v) is 18.8. The summed E-state index contributed by atoms with van der Waals surface area (Å²) in [5.41, 5.74) is 15.6. The molecule has 11 rings (SSSR count). The molecule has 0 aromatic heterocycles. The summed E-state index contributed by atoms with van der Waals surface area (Å²) < 4.78 is 0. The second kappa shape index (κ2) is 16.1. The summed E-state index contributed by atoms with van der Waals surface area (Å²) >= 11 is 0. The zero-order valence-electron chi connectivity index (χ0n) is 34.2. The monoisotopic (exact) mass is 809 g/mol. The van der Waals surface area contributed by atoms with Crippen molar-refractivity contribution in [3.63, 3.8) is 0 Å². The lowest BCUT2D eigenvalue weighted by molar-refractivity contribution is 1.28. The molecule has 0 bridgehead atoms. The SMILES string of the molecule is c1ccc(-c2ccc(N(c3ccc(-c4ccccc4)cc3)c3ccc(-c4ccc5c(c4)-c4cc(-c6ccccc6)ccc4S5(c4ccccc4)c4ccccc4)cc3)cc2)cc1. The summed E-state index contributed by atoms with van der Waals surface area (Å²) in [7, 11) is -1.76. The maximum atomic E-state index is 2.45. The van der Waals surface area contributed by atoms with Gasteiger partial charge in [0.2, 0.25) is 0 Å².